The molecule has 2 rings (SSSR count). The zero-order valence-corrected chi connectivity index (χ0v) is 15.4. The van der Waals surface area contributed by atoms with E-state index in [0.29, 0.717) is 5.69 Å². The number of benzene rings is 2. The van der Waals surface area contributed by atoms with Crippen LogP contribution in [-0.2, 0) is 16.6 Å². The third-order valence-electron chi connectivity index (χ3n) is 3.43. The minimum Gasteiger partial charge on any atom is -0.336 e. The largest absolute Gasteiger partial charge is 0.336 e. The molecular formula is C18H23N3O3S. The van der Waals surface area contributed by atoms with E-state index in [1.54, 1.807) is 48.5 Å². The fourth-order valence-electron chi connectivity index (χ4n) is 2.11. The van der Waals surface area contributed by atoms with Crippen LogP contribution in [0.15, 0.2) is 53.4 Å². The highest BCUT2D eigenvalue weighted by Crippen LogP contribution is 2.13. The van der Waals surface area contributed by atoms with Gasteiger partial charge >= 0.3 is 6.03 Å². The summed E-state index contributed by atoms with van der Waals surface area (Å²) in [7, 11) is -3.55. The Kier molecular flexibility index (Phi) is 6.17. The molecule has 0 saturated heterocycles. The molecule has 2 amide bonds. The molecule has 0 aliphatic heterocycles. The van der Waals surface area contributed by atoms with E-state index in [-0.39, 0.29) is 23.5 Å². The number of rotatable bonds is 6. The van der Waals surface area contributed by atoms with Crippen LogP contribution < -0.4 is 15.4 Å². The summed E-state index contributed by atoms with van der Waals surface area (Å²) in [6.45, 7) is 5.83. The van der Waals surface area contributed by atoms with Gasteiger partial charge in [-0.3, -0.25) is 0 Å². The van der Waals surface area contributed by atoms with Gasteiger partial charge in [-0.2, -0.15) is 0 Å². The monoisotopic (exact) mass is 361 g/mol. The van der Waals surface area contributed by atoms with Gasteiger partial charge in [-0.25, -0.2) is 17.9 Å². The van der Waals surface area contributed by atoms with E-state index in [1.165, 1.54) is 0 Å². The molecule has 0 unspecified atom stereocenters. The van der Waals surface area contributed by atoms with E-state index in [0.717, 1.165) is 11.1 Å². The molecule has 0 aliphatic carbocycles. The van der Waals surface area contributed by atoms with E-state index in [4.69, 9.17) is 0 Å². The molecule has 6 nitrogen and oxygen atoms in total. The van der Waals surface area contributed by atoms with Crippen LogP contribution >= 0.6 is 0 Å². The van der Waals surface area contributed by atoms with Gasteiger partial charge in [0.25, 0.3) is 0 Å². The van der Waals surface area contributed by atoms with Crippen LogP contribution in [0.2, 0.25) is 0 Å². The molecule has 0 aliphatic rings. The Morgan fingerprint density at radius 1 is 1.00 bits per heavy atom. The molecule has 25 heavy (non-hydrogen) atoms. The lowest BCUT2D eigenvalue weighted by Gasteiger charge is -2.11. The number of anilines is 1. The number of amides is 2. The van der Waals surface area contributed by atoms with Crippen molar-refractivity contribution < 1.29 is 13.2 Å². The highest BCUT2D eigenvalue weighted by Gasteiger charge is 2.13. The number of hydrogen-bond acceptors (Lipinski definition) is 3. The van der Waals surface area contributed by atoms with Crippen LogP contribution in [0.4, 0.5) is 10.5 Å². The first-order chi connectivity index (χ1) is 11.8. The Bertz CT molecular complexity index is 814. The van der Waals surface area contributed by atoms with Gasteiger partial charge < -0.3 is 10.6 Å². The van der Waals surface area contributed by atoms with E-state index in [1.807, 2.05) is 20.8 Å². The number of nitrogens with one attached hydrogen (secondary N) is 3. The average molecular weight is 361 g/mol. The fraction of sp³-hybridized carbons (Fsp3) is 0.278. The highest BCUT2D eigenvalue weighted by atomic mass is 32.2. The van der Waals surface area contributed by atoms with Crippen molar-refractivity contribution in [2.45, 2.75) is 38.3 Å². The number of sulfonamides is 1. The van der Waals surface area contributed by atoms with Crippen molar-refractivity contribution in [3.8, 4) is 0 Å². The molecular weight excluding hydrogens is 338 g/mol. The minimum absolute atomic E-state index is 0.0513. The van der Waals surface area contributed by atoms with Gasteiger partial charge in [0, 0.05) is 18.3 Å². The normalized spacial score (nSPS) is 11.4. The van der Waals surface area contributed by atoms with Gasteiger partial charge in [0.1, 0.15) is 0 Å². The van der Waals surface area contributed by atoms with E-state index in [9.17, 15) is 13.2 Å². The minimum atomic E-state index is -3.55. The Morgan fingerprint density at radius 3 is 2.16 bits per heavy atom. The van der Waals surface area contributed by atoms with Crippen molar-refractivity contribution in [2.24, 2.45) is 0 Å². The Balaban J connectivity index is 1.95. The van der Waals surface area contributed by atoms with Crippen molar-refractivity contribution in [1.29, 1.82) is 0 Å². The van der Waals surface area contributed by atoms with Crippen molar-refractivity contribution in [3.63, 3.8) is 0 Å². The Hall–Kier alpha value is -2.38. The summed E-state index contributed by atoms with van der Waals surface area (Å²) >= 11 is 0. The Morgan fingerprint density at radius 2 is 1.60 bits per heavy atom. The van der Waals surface area contributed by atoms with Crippen LogP contribution in [-0.4, -0.2) is 20.5 Å². The van der Waals surface area contributed by atoms with Crippen molar-refractivity contribution in [1.82, 2.24) is 10.0 Å². The molecule has 0 bridgehead atoms. The summed E-state index contributed by atoms with van der Waals surface area (Å²) in [5.74, 6) is 0. The number of hydrogen-bond donors (Lipinski definition) is 3. The second-order valence-corrected chi connectivity index (χ2v) is 7.85. The Labute approximate surface area is 148 Å². The summed E-state index contributed by atoms with van der Waals surface area (Å²) in [4.78, 5) is 11.9. The topological polar surface area (TPSA) is 87.3 Å². The maximum atomic E-state index is 12.3. The van der Waals surface area contributed by atoms with Crippen LogP contribution in [0, 0.1) is 6.92 Å². The quantitative estimate of drug-likeness (QED) is 0.739. The molecule has 2 aromatic rings. The number of aryl methyl sites for hydroxylation is 1. The van der Waals surface area contributed by atoms with Crippen molar-refractivity contribution in [3.05, 3.63) is 59.7 Å². The van der Waals surface area contributed by atoms with Crippen LogP contribution in [0.1, 0.15) is 25.0 Å². The number of carbonyl (C=O) groups excluding carboxylic acids is 1. The molecule has 0 fully saturated rings. The van der Waals surface area contributed by atoms with Crippen molar-refractivity contribution >= 4 is 21.7 Å². The van der Waals surface area contributed by atoms with E-state index in [2.05, 4.69) is 15.4 Å². The first kappa shape index (κ1) is 19.0. The molecule has 0 aromatic heterocycles. The summed E-state index contributed by atoms with van der Waals surface area (Å²) < 4.78 is 27.1. The smallest absolute Gasteiger partial charge is 0.319 e. The molecule has 7 heteroatoms. The molecule has 2 aromatic carbocycles. The second-order valence-electron chi connectivity index (χ2n) is 6.09. The van der Waals surface area contributed by atoms with Crippen LogP contribution in [0.3, 0.4) is 0 Å². The number of carbonyl (C=O) groups is 1. The van der Waals surface area contributed by atoms with Gasteiger partial charge in [-0.05, 0) is 50.6 Å². The first-order valence-corrected chi connectivity index (χ1v) is 9.47. The lowest BCUT2D eigenvalue weighted by atomic mass is 10.2. The zero-order valence-electron chi connectivity index (χ0n) is 14.5. The summed E-state index contributed by atoms with van der Waals surface area (Å²) in [5.41, 5.74) is 2.44. The van der Waals surface area contributed by atoms with E-state index < -0.39 is 10.0 Å². The molecule has 0 heterocycles. The molecule has 3 N–H and O–H groups in total. The average Bonchev–Trinajstić information content (AvgIpc) is 2.54. The van der Waals surface area contributed by atoms with Gasteiger partial charge in [0.05, 0.1) is 4.90 Å². The second kappa shape index (κ2) is 8.13. The molecule has 134 valence electrons. The van der Waals surface area contributed by atoms with Crippen LogP contribution in [0.5, 0.6) is 0 Å². The molecule has 0 radical (unpaired) electrons. The van der Waals surface area contributed by atoms with Gasteiger partial charge in [-0.15, -0.1) is 0 Å². The summed E-state index contributed by atoms with van der Waals surface area (Å²) in [5, 5.41) is 5.45. The molecule has 0 saturated carbocycles. The van der Waals surface area contributed by atoms with Gasteiger partial charge in [0.2, 0.25) is 10.0 Å². The predicted octanol–water partition coefficient (Wildman–Crippen LogP) is 3.00. The third-order valence-corrected chi connectivity index (χ3v) is 4.85. The lowest BCUT2D eigenvalue weighted by molar-refractivity contribution is 0.250. The van der Waals surface area contributed by atoms with Crippen molar-refractivity contribution in [2.75, 3.05) is 5.32 Å². The maximum Gasteiger partial charge on any atom is 0.319 e. The summed E-state index contributed by atoms with van der Waals surface area (Å²) in [6.07, 6.45) is 0. The first-order valence-electron chi connectivity index (χ1n) is 7.99. The molecule has 0 spiro atoms. The fourth-order valence-corrected chi connectivity index (χ4v) is 3.13. The maximum absolute atomic E-state index is 12.3. The third kappa shape index (κ3) is 5.88. The standard InChI is InChI=1S/C18H23N3O3S/c1-13(2)20-18(22)21-16-8-6-15(7-9-16)12-19-25(23,24)17-10-4-14(3)5-11-17/h4-11,13,19H,12H2,1-3H3,(H2,20,21,22). The molecule has 0 atom stereocenters. The van der Waals surface area contributed by atoms with Crippen LogP contribution in [0.25, 0.3) is 0 Å². The lowest BCUT2D eigenvalue weighted by Crippen LogP contribution is -2.34. The highest BCUT2D eigenvalue weighted by molar-refractivity contribution is 7.89. The van der Waals surface area contributed by atoms with E-state index >= 15 is 0 Å². The SMILES string of the molecule is Cc1ccc(S(=O)(=O)NCc2ccc(NC(=O)NC(C)C)cc2)cc1. The zero-order chi connectivity index (χ0) is 18.4. The predicted molar refractivity (Wildman–Crippen MR) is 98.9 cm³/mol. The summed E-state index contributed by atoms with van der Waals surface area (Å²) in [6, 6.07) is 13.5. The van der Waals surface area contributed by atoms with Gasteiger partial charge in [0.15, 0.2) is 0 Å². The number of urea groups is 1. The van der Waals surface area contributed by atoms with Gasteiger partial charge in [-0.1, -0.05) is 29.8 Å².